The summed E-state index contributed by atoms with van der Waals surface area (Å²) >= 11 is 1.44. The van der Waals surface area contributed by atoms with Crippen molar-refractivity contribution in [3.8, 4) is 11.1 Å². The van der Waals surface area contributed by atoms with Gasteiger partial charge in [-0.3, -0.25) is 9.69 Å². The summed E-state index contributed by atoms with van der Waals surface area (Å²) in [7, 11) is 0. The van der Waals surface area contributed by atoms with Gasteiger partial charge in [0.2, 0.25) is 5.91 Å². The Morgan fingerprint density at radius 3 is 2.42 bits per heavy atom. The molecule has 0 saturated carbocycles. The van der Waals surface area contributed by atoms with E-state index in [1.54, 1.807) is 4.90 Å². The van der Waals surface area contributed by atoms with E-state index in [2.05, 4.69) is 34.5 Å². The maximum Gasteiger partial charge on any atom is 0.239 e. The van der Waals surface area contributed by atoms with E-state index < -0.39 is 0 Å². The normalized spacial score (nSPS) is 16.9. The molecule has 1 saturated heterocycles. The molecule has 5 heteroatoms. The van der Waals surface area contributed by atoms with Crippen molar-refractivity contribution < 1.29 is 4.79 Å². The summed E-state index contributed by atoms with van der Waals surface area (Å²) in [5, 5.41) is 9.24. The number of amidine groups is 1. The van der Waals surface area contributed by atoms with Crippen LogP contribution in [0.1, 0.15) is 19.4 Å². The van der Waals surface area contributed by atoms with Gasteiger partial charge in [0.1, 0.15) is 0 Å². The molecule has 24 heavy (non-hydrogen) atoms. The van der Waals surface area contributed by atoms with Crippen LogP contribution in [0.3, 0.4) is 0 Å². The summed E-state index contributed by atoms with van der Waals surface area (Å²) in [4.78, 5) is 13.3. The van der Waals surface area contributed by atoms with Gasteiger partial charge in [0.15, 0.2) is 5.17 Å². The zero-order valence-corrected chi connectivity index (χ0v) is 14.6. The Labute approximate surface area is 146 Å². The molecule has 0 unspecified atom stereocenters. The van der Waals surface area contributed by atoms with Crippen LogP contribution < -0.4 is 0 Å². The van der Waals surface area contributed by atoms with Gasteiger partial charge in [0, 0.05) is 6.54 Å². The first-order valence-electron chi connectivity index (χ1n) is 7.90. The quantitative estimate of drug-likeness (QED) is 0.624. The molecule has 0 radical (unpaired) electrons. The third-order valence-corrected chi connectivity index (χ3v) is 4.82. The number of carbonyl (C=O) groups is 1. The lowest BCUT2D eigenvalue weighted by atomic mass is 10.0. The van der Waals surface area contributed by atoms with E-state index in [1.165, 1.54) is 22.9 Å². The maximum absolute atomic E-state index is 11.7. The molecule has 0 aromatic heterocycles. The van der Waals surface area contributed by atoms with Crippen LogP contribution in [0, 0.1) is 0 Å². The number of nitrogens with zero attached hydrogens (tertiary/aromatic N) is 3. The number of thioether (sulfide) groups is 1. The molecular formula is C19H19N3OS. The van der Waals surface area contributed by atoms with Crippen molar-refractivity contribution in [3.05, 3.63) is 60.2 Å². The van der Waals surface area contributed by atoms with Crippen LogP contribution in [0.15, 0.2) is 64.8 Å². The summed E-state index contributed by atoms with van der Waals surface area (Å²) in [6.07, 6.45) is 0. The topological polar surface area (TPSA) is 45.0 Å². The van der Waals surface area contributed by atoms with Crippen molar-refractivity contribution in [3.63, 3.8) is 0 Å². The molecule has 1 amide bonds. The second kappa shape index (κ2) is 7.45. The first-order valence-corrected chi connectivity index (χ1v) is 8.89. The van der Waals surface area contributed by atoms with Crippen LogP contribution in [0.4, 0.5) is 0 Å². The van der Waals surface area contributed by atoms with Gasteiger partial charge in [-0.25, -0.2) is 0 Å². The average molecular weight is 337 g/mol. The fourth-order valence-electron chi connectivity index (χ4n) is 2.49. The summed E-state index contributed by atoms with van der Waals surface area (Å²) in [5.41, 5.74) is 4.22. The van der Waals surface area contributed by atoms with Crippen LogP contribution in [-0.2, 0) is 4.79 Å². The zero-order chi connectivity index (χ0) is 16.9. The van der Waals surface area contributed by atoms with Crippen LogP contribution >= 0.6 is 11.8 Å². The van der Waals surface area contributed by atoms with Crippen molar-refractivity contribution in [1.29, 1.82) is 0 Å². The van der Waals surface area contributed by atoms with Crippen molar-refractivity contribution in [1.82, 2.24) is 4.90 Å². The minimum atomic E-state index is 0.0984. The maximum atomic E-state index is 11.7. The minimum absolute atomic E-state index is 0.0984. The smallest absolute Gasteiger partial charge is 0.239 e. The third kappa shape index (κ3) is 3.57. The van der Waals surface area contributed by atoms with Crippen molar-refractivity contribution >= 4 is 28.5 Å². The predicted molar refractivity (Wildman–Crippen MR) is 101 cm³/mol. The number of hydrogen-bond donors (Lipinski definition) is 0. The molecule has 2 aromatic carbocycles. The molecule has 4 nitrogen and oxygen atoms in total. The lowest BCUT2D eigenvalue weighted by Crippen LogP contribution is -2.28. The molecule has 0 bridgehead atoms. The van der Waals surface area contributed by atoms with Crippen molar-refractivity contribution in [2.24, 2.45) is 10.2 Å². The second-order valence-corrected chi connectivity index (χ2v) is 6.38. The van der Waals surface area contributed by atoms with E-state index in [9.17, 15) is 4.79 Å². The summed E-state index contributed by atoms with van der Waals surface area (Å²) < 4.78 is 0. The highest BCUT2D eigenvalue weighted by molar-refractivity contribution is 8.15. The molecule has 3 rings (SSSR count). The molecule has 1 fully saturated rings. The van der Waals surface area contributed by atoms with Crippen LogP contribution in [0.2, 0.25) is 0 Å². The fourth-order valence-corrected chi connectivity index (χ4v) is 3.39. The molecule has 1 aliphatic heterocycles. The van der Waals surface area contributed by atoms with Gasteiger partial charge in [0.05, 0.1) is 11.5 Å². The van der Waals surface area contributed by atoms with Gasteiger partial charge in [-0.15, -0.1) is 5.10 Å². The highest BCUT2D eigenvalue weighted by Crippen LogP contribution is 2.21. The van der Waals surface area contributed by atoms with E-state index >= 15 is 0 Å². The SMILES string of the molecule is CCN1C(=O)CS/C1=N\N=C(\C)c1ccc(-c2ccccc2)cc1. The summed E-state index contributed by atoms with van der Waals surface area (Å²) in [6, 6.07) is 18.5. The first-order chi connectivity index (χ1) is 11.7. The molecular weight excluding hydrogens is 318 g/mol. The molecule has 122 valence electrons. The van der Waals surface area contributed by atoms with Crippen LogP contribution in [0.25, 0.3) is 11.1 Å². The fraction of sp³-hybridized carbons (Fsp3) is 0.211. The Kier molecular flexibility index (Phi) is 5.11. The van der Waals surface area contributed by atoms with Gasteiger partial charge in [-0.1, -0.05) is 66.4 Å². The van der Waals surface area contributed by atoms with E-state index in [-0.39, 0.29) is 5.91 Å². The Balaban J connectivity index is 1.78. The van der Waals surface area contributed by atoms with Crippen molar-refractivity contribution in [2.75, 3.05) is 12.3 Å². The summed E-state index contributed by atoms with van der Waals surface area (Å²) in [6.45, 7) is 4.50. The molecule has 1 heterocycles. The number of hydrogen-bond acceptors (Lipinski definition) is 4. The lowest BCUT2D eigenvalue weighted by molar-refractivity contribution is -0.123. The third-order valence-electron chi connectivity index (χ3n) is 3.87. The van der Waals surface area contributed by atoms with Gasteiger partial charge < -0.3 is 0 Å². The Morgan fingerprint density at radius 1 is 1.08 bits per heavy atom. The monoisotopic (exact) mass is 337 g/mol. The molecule has 0 atom stereocenters. The largest absolute Gasteiger partial charge is 0.289 e. The number of rotatable bonds is 4. The Bertz CT molecular complexity index is 782. The lowest BCUT2D eigenvalue weighted by Gasteiger charge is -2.11. The summed E-state index contributed by atoms with van der Waals surface area (Å²) in [5.74, 6) is 0.550. The molecule has 1 aliphatic rings. The van der Waals surface area contributed by atoms with Gasteiger partial charge >= 0.3 is 0 Å². The van der Waals surface area contributed by atoms with E-state index in [1.807, 2.05) is 44.2 Å². The number of amides is 1. The molecule has 2 aromatic rings. The number of benzene rings is 2. The van der Waals surface area contributed by atoms with Gasteiger partial charge in [-0.2, -0.15) is 5.10 Å². The van der Waals surface area contributed by atoms with Crippen LogP contribution in [-0.4, -0.2) is 34.0 Å². The predicted octanol–water partition coefficient (Wildman–Crippen LogP) is 4.03. The Morgan fingerprint density at radius 2 is 1.75 bits per heavy atom. The van der Waals surface area contributed by atoms with Gasteiger partial charge in [-0.05, 0) is 30.5 Å². The van der Waals surface area contributed by atoms with E-state index in [0.29, 0.717) is 17.5 Å². The zero-order valence-electron chi connectivity index (χ0n) is 13.8. The van der Waals surface area contributed by atoms with Crippen molar-refractivity contribution in [2.45, 2.75) is 13.8 Å². The molecule has 0 aliphatic carbocycles. The highest BCUT2D eigenvalue weighted by atomic mass is 32.2. The van der Waals surface area contributed by atoms with E-state index in [4.69, 9.17) is 0 Å². The molecule has 0 N–H and O–H groups in total. The average Bonchev–Trinajstić information content (AvgIpc) is 3.00. The van der Waals surface area contributed by atoms with Crippen LogP contribution in [0.5, 0.6) is 0 Å². The minimum Gasteiger partial charge on any atom is -0.289 e. The Hall–Kier alpha value is -2.40. The standard InChI is InChI=1S/C19H19N3OS/c1-3-22-18(23)13-24-19(22)21-20-14(2)15-9-11-17(12-10-15)16-7-5-4-6-8-16/h4-12H,3,13H2,1-2H3/b20-14-,21-19-. The second-order valence-electron chi connectivity index (χ2n) is 5.44. The molecule has 0 spiro atoms. The van der Waals surface area contributed by atoms with E-state index in [0.717, 1.165) is 11.3 Å². The first kappa shape index (κ1) is 16.5. The highest BCUT2D eigenvalue weighted by Gasteiger charge is 2.26. The van der Waals surface area contributed by atoms with Gasteiger partial charge in [0.25, 0.3) is 0 Å². The number of carbonyl (C=O) groups excluding carboxylic acids is 1.